The van der Waals surface area contributed by atoms with Gasteiger partial charge in [0.25, 0.3) is 0 Å². The molecule has 1 aromatic carbocycles. The Morgan fingerprint density at radius 1 is 1.32 bits per heavy atom. The Hall–Kier alpha value is -2.24. The number of anilines is 1. The first-order valence-electron chi connectivity index (χ1n) is 8.93. The number of aliphatic imine (C=N–C) groups is 1. The first kappa shape index (κ1) is 19.1. The summed E-state index contributed by atoms with van der Waals surface area (Å²) < 4.78 is 4.74. The summed E-state index contributed by atoms with van der Waals surface area (Å²) in [7, 11) is 1.33. The minimum Gasteiger partial charge on any atom is -0.506 e. The van der Waals surface area contributed by atoms with Gasteiger partial charge in [0, 0.05) is 6.04 Å². The highest BCUT2D eigenvalue weighted by molar-refractivity contribution is 5.97. The van der Waals surface area contributed by atoms with Crippen LogP contribution in [0.15, 0.2) is 23.2 Å². The lowest BCUT2D eigenvalue weighted by Crippen LogP contribution is -2.38. The molecule has 6 nitrogen and oxygen atoms in total. The van der Waals surface area contributed by atoms with Crippen molar-refractivity contribution in [2.75, 3.05) is 12.4 Å². The van der Waals surface area contributed by atoms with Gasteiger partial charge in [0.1, 0.15) is 5.75 Å². The van der Waals surface area contributed by atoms with E-state index in [2.05, 4.69) is 17.6 Å². The van der Waals surface area contributed by atoms with Gasteiger partial charge in [-0.2, -0.15) is 0 Å². The summed E-state index contributed by atoms with van der Waals surface area (Å²) in [5.74, 6) is 0.766. The number of phenols is 1. The maximum atomic E-state index is 11.7. The predicted molar refractivity (Wildman–Crippen MR) is 100 cm³/mol. The second-order valence-corrected chi connectivity index (χ2v) is 6.95. The fraction of sp³-hybridized carbons (Fsp3) is 0.579. The monoisotopic (exact) mass is 347 g/mol. The standard InChI is InChI=1S/C19H29N3O3/c1-12(2)20-19(21-15-8-6-5-7-13(15)3)22-16-11-14(18(24)25-4)9-10-17(16)23/h9-13,15,23H,5-8H2,1-4H3,(H2,20,21,22). The van der Waals surface area contributed by atoms with E-state index in [1.54, 1.807) is 6.07 Å². The first-order valence-corrected chi connectivity index (χ1v) is 8.93. The Balaban J connectivity index is 2.25. The van der Waals surface area contributed by atoms with Crippen molar-refractivity contribution in [3.05, 3.63) is 23.8 Å². The van der Waals surface area contributed by atoms with E-state index >= 15 is 0 Å². The van der Waals surface area contributed by atoms with E-state index in [9.17, 15) is 9.90 Å². The van der Waals surface area contributed by atoms with Gasteiger partial charge in [-0.3, -0.25) is 0 Å². The largest absolute Gasteiger partial charge is 0.506 e. The number of aromatic hydroxyl groups is 1. The molecule has 0 aliphatic heterocycles. The minimum absolute atomic E-state index is 0.0580. The molecule has 2 rings (SSSR count). The average Bonchev–Trinajstić information content (AvgIpc) is 2.57. The summed E-state index contributed by atoms with van der Waals surface area (Å²) in [5.41, 5.74) is 0.802. The molecule has 1 aliphatic rings. The zero-order valence-electron chi connectivity index (χ0n) is 15.5. The zero-order chi connectivity index (χ0) is 18.4. The minimum atomic E-state index is -0.445. The average molecular weight is 347 g/mol. The third-order valence-electron chi connectivity index (χ3n) is 4.46. The van der Waals surface area contributed by atoms with Gasteiger partial charge >= 0.3 is 5.97 Å². The summed E-state index contributed by atoms with van der Waals surface area (Å²) in [5, 5.41) is 16.6. The first-order chi connectivity index (χ1) is 11.9. The van der Waals surface area contributed by atoms with Crippen molar-refractivity contribution in [2.24, 2.45) is 10.9 Å². The predicted octanol–water partition coefficient (Wildman–Crippen LogP) is 3.52. The molecular weight excluding hydrogens is 318 g/mol. The Morgan fingerprint density at radius 2 is 2.04 bits per heavy atom. The third kappa shape index (κ3) is 5.37. The maximum Gasteiger partial charge on any atom is 0.337 e. The summed E-state index contributed by atoms with van der Waals surface area (Å²) in [6.07, 6.45) is 4.71. The lowest BCUT2D eigenvalue weighted by molar-refractivity contribution is 0.0601. The molecule has 0 radical (unpaired) electrons. The van der Waals surface area contributed by atoms with Crippen molar-refractivity contribution >= 4 is 17.6 Å². The molecule has 25 heavy (non-hydrogen) atoms. The van der Waals surface area contributed by atoms with E-state index in [-0.39, 0.29) is 17.8 Å². The number of carbonyl (C=O) groups excluding carboxylic acids is 1. The van der Waals surface area contributed by atoms with Crippen LogP contribution in [0.3, 0.4) is 0 Å². The van der Waals surface area contributed by atoms with Crippen LogP contribution >= 0.6 is 0 Å². The fourth-order valence-electron chi connectivity index (χ4n) is 3.04. The Kier molecular flexibility index (Phi) is 6.67. The molecule has 6 heteroatoms. The number of methoxy groups -OCH3 is 1. The van der Waals surface area contributed by atoms with Crippen molar-refractivity contribution in [3.63, 3.8) is 0 Å². The number of carbonyl (C=O) groups is 1. The maximum absolute atomic E-state index is 11.7. The van der Waals surface area contributed by atoms with Crippen LogP contribution in [0.4, 0.5) is 5.69 Å². The van der Waals surface area contributed by atoms with Gasteiger partial charge in [-0.05, 0) is 50.8 Å². The summed E-state index contributed by atoms with van der Waals surface area (Å²) in [4.78, 5) is 16.6. The van der Waals surface area contributed by atoms with E-state index in [0.29, 0.717) is 23.1 Å². The van der Waals surface area contributed by atoms with E-state index in [1.807, 2.05) is 13.8 Å². The van der Waals surface area contributed by atoms with Crippen LogP contribution in [0.5, 0.6) is 5.75 Å². The number of hydrogen-bond acceptors (Lipinski definition) is 4. The van der Waals surface area contributed by atoms with Crippen molar-refractivity contribution in [3.8, 4) is 5.75 Å². The van der Waals surface area contributed by atoms with Crippen molar-refractivity contribution in [1.29, 1.82) is 0 Å². The summed E-state index contributed by atoms with van der Waals surface area (Å²) in [6.45, 7) is 6.30. The van der Waals surface area contributed by atoms with Gasteiger partial charge in [0.2, 0.25) is 0 Å². The molecule has 3 N–H and O–H groups in total. The van der Waals surface area contributed by atoms with Crippen LogP contribution in [0.25, 0.3) is 0 Å². The summed E-state index contributed by atoms with van der Waals surface area (Å²) >= 11 is 0. The molecule has 1 aliphatic carbocycles. The molecule has 2 atom stereocenters. The van der Waals surface area contributed by atoms with Gasteiger partial charge in [-0.25, -0.2) is 9.79 Å². The molecule has 0 saturated heterocycles. The number of benzene rings is 1. The number of nitrogens with one attached hydrogen (secondary N) is 2. The van der Waals surface area contributed by atoms with Crippen molar-refractivity contribution in [2.45, 2.75) is 58.5 Å². The molecule has 0 aromatic heterocycles. The molecule has 2 unspecified atom stereocenters. The highest BCUT2D eigenvalue weighted by Gasteiger charge is 2.22. The number of guanidine groups is 1. The van der Waals surface area contributed by atoms with Gasteiger partial charge in [0.05, 0.1) is 24.4 Å². The van der Waals surface area contributed by atoms with Crippen molar-refractivity contribution < 1.29 is 14.6 Å². The quantitative estimate of drug-likeness (QED) is 0.336. The molecule has 138 valence electrons. The second kappa shape index (κ2) is 8.74. The highest BCUT2D eigenvalue weighted by atomic mass is 16.5. The number of phenolic OH excluding ortho intramolecular Hbond substituents is 1. The number of esters is 1. The molecule has 1 fully saturated rings. The molecular formula is C19H29N3O3. The van der Waals surface area contributed by atoms with Gasteiger partial charge < -0.3 is 20.5 Å². The normalized spacial score (nSPS) is 21.1. The van der Waals surface area contributed by atoms with Crippen LogP contribution < -0.4 is 10.6 Å². The smallest absolute Gasteiger partial charge is 0.337 e. The Bertz CT molecular complexity index is 628. The lowest BCUT2D eigenvalue weighted by atomic mass is 9.86. The molecule has 0 spiro atoms. The van der Waals surface area contributed by atoms with E-state index in [1.165, 1.54) is 38.5 Å². The molecule has 0 amide bonds. The molecule has 0 bridgehead atoms. The SMILES string of the molecule is COC(=O)c1ccc(O)c(NC(=NC2CCCCC2C)NC(C)C)c1. The van der Waals surface area contributed by atoms with Crippen LogP contribution in [0, 0.1) is 5.92 Å². The Labute approximate surface area is 149 Å². The Morgan fingerprint density at radius 3 is 2.68 bits per heavy atom. The van der Waals surface area contributed by atoms with Crippen LogP contribution in [0.2, 0.25) is 0 Å². The van der Waals surface area contributed by atoms with Gasteiger partial charge in [-0.1, -0.05) is 19.8 Å². The number of ether oxygens (including phenoxy) is 1. The van der Waals surface area contributed by atoms with Crippen molar-refractivity contribution in [1.82, 2.24) is 5.32 Å². The van der Waals surface area contributed by atoms with E-state index in [0.717, 1.165) is 6.42 Å². The number of hydrogen-bond donors (Lipinski definition) is 3. The van der Waals surface area contributed by atoms with Crippen LogP contribution in [-0.2, 0) is 4.74 Å². The number of nitrogens with zero attached hydrogens (tertiary/aromatic N) is 1. The topological polar surface area (TPSA) is 83.0 Å². The van der Waals surface area contributed by atoms with Gasteiger partial charge in [-0.15, -0.1) is 0 Å². The lowest BCUT2D eigenvalue weighted by Gasteiger charge is -2.27. The van der Waals surface area contributed by atoms with E-state index in [4.69, 9.17) is 9.73 Å². The number of rotatable bonds is 4. The molecule has 0 heterocycles. The van der Waals surface area contributed by atoms with Crippen LogP contribution in [-0.4, -0.2) is 36.2 Å². The molecule has 1 aromatic rings. The second-order valence-electron chi connectivity index (χ2n) is 6.95. The van der Waals surface area contributed by atoms with Gasteiger partial charge in [0.15, 0.2) is 5.96 Å². The molecule has 1 saturated carbocycles. The summed E-state index contributed by atoms with van der Waals surface area (Å²) in [6, 6.07) is 5.03. The van der Waals surface area contributed by atoms with E-state index < -0.39 is 5.97 Å². The fourth-order valence-corrected chi connectivity index (χ4v) is 3.04. The zero-order valence-corrected chi connectivity index (χ0v) is 15.5. The van der Waals surface area contributed by atoms with Crippen LogP contribution in [0.1, 0.15) is 56.8 Å². The third-order valence-corrected chi connectivity index (χ3v) is 4.46. The highest BCUT2D eigenvalue weighted by Crippen LogP contribution is 2.28.